The Bertz CT molecular complexity index is 5430. The van der Waals surface area contributed by atoms with E-state index in [-0.39, 0.29) is 0 Å². The molecule has 6 heteroatoms. The Morgan fingerprint density at radius 1 is 0.196 bits per heavy atom. The lowest BCUT2D eigenvalue weighted by Crippen LogP contribution is -1.97. The van der Waals surface area contributed by atoms with Gasteiger partial charge in [-0.15, -0.1) is 0 Å². The van der Waals surface area contributed by atoms with E-state index in [1.807, 2.05) is 0 Å². The van der Waals surface area contributed by atoms with E-state index in [0.29, 0.717) is 0 Å². The van der Waals surface area contributed by atoms with Crippen LogP contribution in [0.2, 0.25) is 0 Å². The maximum Gasteiger partial charge on any atom is 0.0746 e. The van der Waals surface area contributed by atoms with Crippen LogP contribution in [-0.4, -0.2) is 29.9 Å². The topological polar surface area (TPSA) is 77.3 Å². The van der Waals surface area contributed by atoms with Gasteiger partial charge in [-0.3, -0.25) is 29.9 Å². The van der Waals surface area contributed by atoms with Crippen LogP contribution in [0.5, 0.6) is 0 Å². The Hall–Kier alpha value is -9.78. The van der Waals surface area contributed by atoms with Crippen molar-refractivity contribution >= 4 is 0 Å². The van der Waals surface area contributed by atoms with Crippen LogP contribution in [0, 0.1) is 166 Å². The molecule has 6 aliphatic carbocycles. The molecule has 6 aromatic carbocycles. The van der Waals surface area contributed by atoms with Gasteiger partial charge in [-0.1, -0.05) is 108 Å². The lowest BCUT2D eigenvalue weighted by atomic mass is 9.99. The number of aryl methyl sites for hydroxylation is 21. The lowest BCUT2D eigenvalue weighted by Gasteiger charge is -2.10. The van der Waals surface area contributed by atoms with Crippen LogP contribution < -0.4 is 0 Å². The standard InChI is InChI=1S/6C16H17N/c1-9-5-13-8-14-6-11(3)12(4)17-16(14)15(13)7-10(9)2;1-9-5-11(3)14-8-13-7-10(2)12(4)17-16(13)15(14)6-9;1-9-5-11(3)15-13(6-9)8-14-7-10(2)12(4)17-16(14)15;1-9-5-6-13-8-14-7-10(2)12(4)17-16(14)15(13)11(9)3;1-9-5-6-10(2)15-14(9)8-13-7-11(3)12(4)17-16(13)15;1-9-6-5-7-13-14(9)8-15-11(3)10(2)12(4)17-16(13)15/h6*5-7H,8H2,1-4H3. The number of pyridine rings is 6. The molecule has 0 radical (unpaired) electrons. The Morgan fingerprint density at radius 3 is 1.23 bits per heavy atom. The van der Waals surface area contributed by atoms with Crippen LogP contribution >= 0.6 is 0 Å². The van der Waals surface area contributed by atoms with Gasteiger partial charge in [0.25, 0.3) is 0 Å². The smallest absolute Gasteiger partial charge is 0.0746 e. The summed E-state index contributed by atoms with van der Waals surface area (Å²) >= 11 is 0. The van der Waals surface area contributed by atoms with Crippen molar-refractivity contribution in [3.8, 4) is 67.5 Å². The third-order valence-electron chi connectivity index (χ3n) is 23.4. The Balaban J connectivity index is 0.000000109. The van der Waals surface area contributed by atoms with Crippen LogP contribution in [0.1, 0.15) is 201 Å². The van der Waals surface area contributed by atoms with Gasteiger partial charge in [0.2, 0.25) is 0 Å². The van der Waals surface area contributed by atoms with Gasteiger partial charge in [-0.05, 0) is 334 Å². The first-order valence-electron chi connectivity index (χ1n) is 36.8. The minimum atomic E-state index is 1.04. The van der Waals surface area contributed by atoms with Gasteiger partial charge >= 0.3 is 0 Å². The van der Waals surface area contributed by atoms with Gasteiger partial charge in [-0.2, -0.15) is 0 Å². The number of aromatic nitrogens is 6. The second-order valence-corrected chi connectivity index (χ2v) is 30.8. The number of benzene rings is 6. The minimum Gasteiger partial charge on any atom is -0.253 e. The summed E-state index contributed by atoms with van der Waals surface area (Å²) in [5, 5.41) is 0. The van der Waals surface area contributed by atoms with E-state index in [2.05, 4.69) is 275 Å². The fourth-order valence-corrected chi connectivity index (χ4v) is 16.4. The maximum atomic E-state index is 4.80. The highest BCUT2D eigenvalue weighted by molar-refractivity contribution is 5.82. The molecule has 6 aliphatic rings. The summed E-state index contributed by atoms with van der Waals surface area (Å²) in [4.78, 5) is 28.7. The van der Waals surface area contributed by atoms with E-state index in [1.165, 1.54) is 234 Å². The Morgan fingerprint density at radius 2 is 0.618 bits per heavy atom. The summed E-state index contributed by atoms with van der Waals surface area (Å²) in [6.45, 7) is 51.7. The second kappa shape index (κ2) is 27.5. The van der Waals surface area contributed by atoms with Gasteiger partial charge in [0.05, 0.1) is 34.2 Å². The normalized spacial score (nSPS) is 12.5. The maximum absolute atomic E-state index is 4.80. The number of hydrogen-bond acceptors (Lipinski definition) is 6. The molecule has 0 fully saturated rings. The summed E-state index contributed by atoms with van der Waals surface area (Å²) in [6, 6.07) is 40.6. The van der Waals surface area contributed by atoms with Crippen molar-refractivity contribution in [3.05, 3.63) is 310 Å². The molecule has 6 aromatic heterocycles. The highest BCUT2D eigenvalue weighted by Crippen LogP contribution is 2.45. The molecule has 102 heavy (non-hydrogen) atoms. The van der Waals surface area contributed by atoms with E-state index in [1.54, 1.807) is 0 Å². The molecule has 0 spiro atoms. The minimum absolute atomic E-state index is 1.04. The summed E-state index contributed by atoms with van der Waals surface area (Å²) in [5.41, 5.74) is 63.6. The van der Waals surface area contributed by atoms with Crippen molar-refractivity contribution in [2.45, 2.75) is 205 Å². The SMILES string of the molecule is Cc1cc(C)c2c(c1)-c1nc(C)c(C)cc1C2.Cc1cc(C)c2c(c1)Cc1cc(C)c(C)nc1-2.Cc1cc2c(cc1C)-c1nc(C)c(C)cc1C2.Cc1cc2c(nc1C)-c1c(C)ccc(C)c1C2.Cc1cc2c(nc1C)-c1c(ccc(C)c1C)C2.Cc1cccc2c1Cc1c-2nc(C)c(C)c1C. The third-order valence-corrected chi connectivity index (χ3v) is 23.4. The van der Waals surface area contributed by atoms with E-state index < -0.39 is 0 Å². The average molecular weight is 1340 g/mol. The highest BCUT2D eigenvalue weighted by atomic mass is 14.8. The molecule has 0 atom stereocenters. The van der Waals surface area contributed by atoms with Gasteiger partial charge in [-0.25, -0.2) is 0 Å². The number of nitrogens with zero attached hydrogens (tertiary/aromatic N) is 6. The lowest BCUT2D eigenvalue weighted by molar-refractivity contribution is 1.08. The molecule has 12 aromatic rings. The zero-order valence-corrected chi connectivity index (χ0v) is 65.3. The van der Waals surface area contributed by atoms with Crippen molar-refractivity contribution < 1.29 is 0 Å². The first-order valence-corrected chi connectivity index (χ1v) is 36.8. The zero-order valence-electron chi connectivity index (χ0n) is 65.3. The molecule has 0 N–H and O–H groups in total. The number of fused-ring (bicyclic) bond motifs is 18. The van der Waals surface area contributed by atoms with Gasteiger partial charge in [0, 0.05) is 106 Å². The van der Waals surface area contributed by atoms with Crippen molar-refractivity contribution in [3.63, 3.8) is 0 Å². The Labute approximate surface area is 608 Å². The fraction of sp³-hybridized carbons (Fsp3) is 0.312. The van der Waals surface area contributed by atoms with Crippen molar-refractivity contribution in [2.75, 3.05) is 0 Å². The fourth-order valence-electron chi connectivity index (χ4n) is 16.4. The quantitative estimate of drug-likeness (QED) is 0.151. The average Bonchev–Trinajstić information content (AvgIpc) is 1.64. The molecule has 0 aliphatic heterocycles. The van der Waals surface area contributed by atoms with Crippen molar-refractivity contribution in [2.24, 2.45) is 0 Å². The molecule has 18 rings (SSSR count). The molecule has 0 saturated heterocycles. The second-order valence-electron chi connectivity index (χ2n) is 30.8. The molecule has 0 amide bonds. The number of hydrogen-bond donors (Lipinski definition) is 0. The summed E-state index contributed by atoms with van der Waals surface area (Å²) in [7, 11) is 0. The van der Waals surface area contributed by atoms with Gasteiger partial charge < -0.3 is 0 Å². The number of rotatable bonds is 0. The van der Waals surface area contributed by atoms with E-state index in [4.69, 9.17) is 29.9 Å². The van der Waals surface area contributed by atoms with Gasteiger partial charge in [0.1, 0.15) is 0 Å². The van der Waals surface area contributed by atoms with Crippen molar-refractivity contribution in [1.82, 2.24) is 29.9 Å². The monoisotopic (exact) mass is 1340 g/mol. The molecule has 0 bridgehead atoms. The molecule has 6 heterocycles. The van der Waals surface area contributed by atoms with Crippen molar-refractivity contribution in [1.29, 1.82) is 0 Å². The van der Waals surface area contributed by atoms with Crippen LogP contribution in [0.15, 0.2) is 109 Å². The summed E-state index contributed by atoms with van der Waals surface area (Å²) < 4.78 is 0. The van der Waals surface area contributed by atoms with Crippen LogP contribution in [0.4, 0.5) is 0 Å². The zero-order chi connectivity index (χ0) is 72.9. The van der Waals surface area contributed by atoms with Crippen LogP contribution in [-0.2, 0) is 38.5 Å². The van der Waals surface area contributed by atoms with E-state index >= 15 is 0 Å². The molecule has 0 saturated carbocycles. The van der Waals surface area contributed by atoms with Crippen LogP contribution in [0.25, 0.3) is 67.5 Å². The molecule has 0 unspecified atom stereocenters. The first kappa shape index (κ1) is 70.6. The molecule has 516 valence electrons. The molecule has 6 nitrogen and oxygen atoms in total. The summed E-state index contributed by atoms with van der Waals surface area (Å²) in [5.74, 6) is 0. The third kappa shape index (κ3) is 13.1. The summed E-state index contributed by atoms with van der Waals surface area (Å²) in [6.07, 6.45) is 6.27. The van der Waals surface area contributed by atoms with E-state index in [9.17, 15) is 0 Å². The molecular weight excluding hydrogens is 1240 g/mol. The largest absolute Gasteiger partial charge is 0.253 e. The Kier molecular flexibility index (Phi) is 19.1. The first-order chi connectivity index (χ1) is 48.4. The predicted octanol–water partition coefficient (Wildman–Crippen LogP) is 23.3. The van der Waals surface area contributed by atoms with E-state index in [0.717, 1.165) is 72.7 Å². The molecular formula is C96H102N6. The predicted molar refractivity (Wildman–Crippen MR) is 429 cm³/mol. The van der Waals surface area contributed by atoms with Gasteiger partial charge in [0.15, 0.2) is 0 Å². The van der Waals surface area contributed by atoms with Crippen LogP contribution in [0.3, 0.4) is 0 Å². The highest BCUT2D eigenvalue weighted by Gasteiger charge is 2.29.